The smallest absolute Gasteiger partial charge is 0.227 e. The topological polar surface area (TPSA) is 119 Å². The number of hydrogen-bond donors (Lipinski definition) is 4. The molecular weight excluding hydrogens is 438 g/mol. The van der Waals surface area contributed by atoms with Gasteiger partial charge in [-0.1, -0.05) is 0 Å². The van der Waals surface area contributed by atoms with Gasteiger partial charge in [0.1, 0.15) is 17.5 Å². The minimum absolute atomic E-state index is 0.0999. The predicted molar refractivity (Wildman–Crippen MR) is 128 cm³/mol. The highest BCUT2D eigenvalue weighted by molar-refractivity contribution is 7.99. The van der Waals surface area contributed by atoms with Gasteiger partial charge in [0.25, 0.3) is 0 Å². The summed E-state index contributed by atoms with van der Waals surface area (Å²) in [5, 5.41) is 23.8. The van der Waals surface area contributed by atoms with Crippen LogP contribution in [0.5, 0.6) is 0 Å². The Hall–Kier alpha value is -3.11. The van der Waals surface area contributed by atoms with Crippen molar-refractivity contribution in [3.05, 3.63) is 42.1 Å². The highest BCUT2D eigenvalue weighted by atomic mass is 32.2. The van der Waals surface area contributed by atoms with Crippen molar-refractivity contribution in [1.82, 2.24) is 20.2 Å². The number of carbonyl (C=O) groups is 1. The van der Waals surface area contributed by atoms with E-state index in [0.717, 1.165) is 66.7 Å². The monoisotopic (exact) mass is 465 g/mol. The molecule has 10 heteroatoms. The molecule has 0 unspecified atom stereocenters. The first-order valence-corrected chi connectivity index (χ1v) is 12.0. The number of H-pyrrole nitrogens is 1. The van der Waals surface area contributed by atoms with Gasteiger partial charge in [-0.3, -0.25) is 9.89 Å². The second-order valence-corrected chi connectivity index (χ2v) is 9.59. The first-order chi connectivity index (χ1) is 16.0. The Labute approximate surface area is 196 Å². The van der Waals surface area contributed by atoms with E-state index < -0.39 is 0 Å². The Morgan fingerprint density at radius 1 is 1.12 bits per heavy atom. The standard InChI is InChI=1S/C23H27N7O2S/c1-14-12-20(29-28-14)25-19-13-21(30-10-8-17(31)9-11-30)27-23(26-19)33-18-6-4-16(5-7-18)24-22(32)15-2-3-15/h4-7,12-13,15,17,31H,2-3,8-11H2,1H3,(H,24,32)(H2,25,26,27,28,29). The summed E-state index contributed by atoms with van der Waals surface area (Å²) in [5.74, 6) is 2.54. The van der Waals surface area contributed by atoms with Crippen molar-refractivity contribution in [2.45, 2.75) is 48.8 Å². The van der Waals surface area contributed by atoms with Crippen LogP contribution in [-0.2, 0) is 4.79 Å². The molecule has 33 heavy (non-hydrogen) atoms. The van der Waals surface area contributed by atoms with Crippen LogP contribution in [-0.4, -0.2) is 50.4 Å². The molecule has 5 rings (SSSR count). The van der Waals surface area contributed by atoms with Gasteiger partial charge in [0.15, 0.2) is 5.16 Å². The van der Waals surface area contributed by atoms with E-state index in [1.165, 1.54) is 11.8 Å². The van der Waals surface area contributed by atoms with Gasteiger partial charge in [0.2, 0.25) is 5.91 Å². The van der Waals surface area contributed by atoms with Crippen LogP contribution in [0.25, 0.3) is 0 Å². The second kappa shape index (κ2) is 9.40. The van der Waals surface area contributed by atoms with E-state index in [9.17, 15) is 9.90 Å². The maximum Gasteiger partial charge on any atom is 0.227 e. The molecule has 4 N–H and O–H groups in total. The van der Waals surface area contributed by atoms with Gasteiger partial charge in [-0.15, -0.1) is 0 Å². The molecule has 1 saturated carbocycles. The third-order valence-corrected chi connectivity index (χ3v) is 6.60. The van der Waals surface area contributed by atoms with Crippen LogP contribution in [0.3, 0.4) is 0 Å². The average molecular weight is 466 g/mol. The number of aliphatic hydroxyl groups is 1. The molecule has 2 aromatic heterocycles. The number of aromatic nitrogens is 4. The number of aliphatic hydroxyl groups excluding tert-OH is 1. The summed E-state index contributed by atoms with van der Waals surface area (Å²) >= 11 is 1.47. The molecule has 9 nitrogen and oxygen atoms in total. The van der Waals surface area contributed by atoms with E-state index in [0.29, 0.717) is 11.0 Å². The van der Waals surface area contributed by atoms with E-state index in [1.807, 2.05) is 43.3 Å². The largest absolute Gasteiger partial charge is 0.393 e. The molecule has 1 amide bonds. The molecule has 1 aromatic carbocycles. The number of aromatic amines is 1. The van der Waals surface area contributed by atoms with E-state index in [-0.39, 0.29) is 17.9 Å². The lowest BCUT2D eigenvalue weighted by Gasteiger charge is -2.30. The van der Waals surface area contributed by atoms with Gasteiger partial charge in [0.05, 0.1) is 11.8 Å². The third kappa shape index (κ3) is 5.63. The summed E-state index contributed by atoms with van der Waals surface area (Å²) < 4.78 is 0. The zero-order valence-corrected chi connectivity index (χ0v) is 19.2. The van der Waals surface area contributed by atoms with Crippen LogP contribution in [0.1, 0.15) is 31.4 Å². The van der Waals surface area contributed by atoms with Gasteiger partial charge in [-0.05, 0) is 68.6 Å². The molecule has 0 bridgehead atoms. The van der Waals surface area contributed by atoms with Gasteiger partial charge in [-0.25, -0.2) is 9.97 Å². The zero-order valence-electron chi connectivity index (χ0n) is 18.4. The van der Waals surface area contributed by atoms with Gasteiger partial charge >= 0.3 is 0 Å². The Kier molecular flexibility index (Phi) is 6.19. The number of amides is 1. The quantitative estimate of drug-likeness (QED) is 0.390. The molecule has 2 fully saturated rings. The van der Waals surface area contributed by atoms with Crippen LogP contribution >= 0.6 is 11.8 Å². The normalized spacial score (nSPS) is 16.6. The zero-order chi connectivity index (χ0) is 22.8. The first kappa shape index (κ1) is 21.7. The van der Waals surface area contributed by atoms with Crippen molar-refractivity contribution in [1.29, 1.82) is 0 Å². The lowest BCUT2D eigenvalue weighted by Crippen LogP contribution is -2.36. The Morgan fingerprint density at radius 3 is 2.55 bits per heavy atom. The van der Waals surface area contributed by atoms with E-state index in [4.69, 9.17) is 9.97 Å². The van der Waals surface area contributed by atoms with Crippen molar-refractivity contribution in [3.8, 4) is 0 Å². The Balaban J connectivity index is 1.35. The van der Waals surface area contributed by atoms with Crippen LogP contribution in [0, 0.1) is 12.8 Å². The number of carbonyl (C=O) groups excluding carboxylic acids is 1. The number of rotatable bonds is 7. The number of piperidine rings is 1. The van der Waals surface area contributed by atoms with Gasteiger partial charge in [0, 0.05) is 41.7 Å². The van der Waals surface area contributed by atoms with Crippen LogP contribution in [0.4, 0.5) is 23.1 Å². The van der Waals surface area contributed by atoms with Crippen molar-refractivity contribution >= 4 is 40.8 Å². The van der Waals surface area contributed by atoms with E-state index in [2.05, 4.69) is 25.7 Å². The molecule has 0 spiro atoms. The fourth-order valence-corrected chi connectivity index (χ4v) is 4.47. The highest BCUT2D eigenvalue weighted by Crippen LogP contribution is 2.32. The third-order valence-electron chi connectivity index (χ3n) is 5.73. The fraction of sp³-hybridized carbons (Fsp3) is 0.391. The summed E-state index contributed by atoms with van der Waals surface area (Å²) in [5.41, 5.74) is 1.69. The van der Waals surface area contributed by atoms with E-state index in [1.54, 1.807) is 0 Å². The molecular formula is C23H27N7O2S. The maximum absolute atomic E-state index is 12.0. The van der Waals surface area contributed by atoms with Crippen LogP contribution in [0.2, 0.25) is 0 Å². The lowest BCUT2D eigenvalue weighted by atomic mass is 10.1. The Bertz CT molecular complexity index is 1120. The minimum atomic E-state index is -0.249. The van der Waals surface area contributed by atoms with Crippen molar-refractivity contribution in [3.63, 3.8) is 0 Å². The number of anilines is 4. The molecule has 172 valence electrons. The highest BCUT2D eigenvalue weighted by Gasteiger charge is 2.29. The number of aryl methyl sites for hydroxylation is 1. The maximum atomic E-state index is 12.0. The molecule has 1 aliphatic carbocycles. The summed E-state index contributed by atoms with van der Waals surface area (Å²) in [6.45, 7) is 3.42. The van der Waals surface area contributed by atoms with Crippen molar-refractivity contribution in [2.75, 3.05) is 28.6 Å². The average Bonchev–Trinajstić information content (AvgIpc) is 3.58. The number of hydrogen-bond acceptors (Lipinski definition) is 8. The van der Waals surface area contributed by atoms with Crippen LogP contribution in [0.15, 0.2) is 46.5 Å². The second-order valence-electron chi connectivity index (χ2n) is 8.55. The predicted octanol–water partition coefficient (Wildman–Crippen LogP) is 3.71. The lowest BCUT2D eigenvalue weighted by molar-refractivity contribution is -0.117. The van der Waals surface area contributed by atoms with Gasteiger partial charge < -0.3 is 20.6 Å². The summed E-state index contributed by atoms with van der Waals surface area (Å²) in [7, 11) is 0. The summed E-state index contributed by atoms with van der Waals surface area (Å²) in [6.07, 6.45) is 3.17. The van der Waals surface area contributed by atoms with Crippen molar-refractivity contribution in [2.24, 2.45) is 5.92 Å². The molecule has 0 radical (unpaired) electrons. The van der Waals surface area contributed by atoms with Crippen molar-refractivity contribution < 1.29 is 9.90 Å². The minimum Gasteiger partial charge on any atom is -0.393 e. The molecule has 2 aliphatic rings. The fourth-order valence-electron chi connectivity index (χ4n) is 3.70. The number of benzene rings is 1. The molecule has 1 saturated heterocycles. The Morgan fingerprint density at radius 2 is 1.88 bits per heavy atom. The molecule has 1 aliphatic heterocycles. The number of nitrogens with zero attached hydrogens (tertiary/aromatic N) is 4. The molecule has 3 aromatic rings. The molecule has 3 heterocycles. The summed E-state index contributed by atoms with van der Waals surface area (Å²) in [6, 6.07) is 11.6. The van der Waals surface area contributed by atoms with E-state index >= 15 is 0 Å². The first-order valence-electron chi connectivity index (χ1n) is 11.2. The van der Waals surface area contributed by atoms with Gasteiger partial charge in [-0.2, -0.15) is 5.10 Å². The summed E-state index contributed by atoms with van der Waals surface area (Å²) in [4.78, 5) is 24.6. The SMILES string of the molecule is Cc1cc(Nc2cc(N3CCC(O)CC3)nc(Sc3ccc(NC(=O)C4CC4)cc3)n2)[nH]n1. The molecule has 0 atom stereocenters. The number of nitrogens with one attached hydrogen (secondary N) is 3. The van der Waals surface area contributed by atoms with Crippen LogP contribution < -0.4 is 15.5 Å².